The molecule has 32 heavy (non-hydrogen) atoms. The molecule has 1 aromatic carbocycles. The summed E-state index contributed by atoms with van der Waals surface area (Å²) in [6.07, 6.45) is 3.89. The van der Waals surface area contributed by atoms with E-state index in [1.807, 2.05) is 0 Å². The first-order valence-corrected chi connectivity index (χ1v) is 12.2. The van der Waals surface area contributed by atoms with Crippen LogP contribution in [-0.2, 0) is 21.9 Å². The monoisotopic (exact) mass is 467 g/mol. The van der Waals surface area contributed by atoms with E-state index in [0.717, 1.165) is 25.0 Å². The Morgan fingerprint density at radius 1 is 1.09 bits per heavy atom. The third-order valence-electron chi connectivity index (χ3n) is 6.22. The molecule has 4 rings (SSSR count). The first-order valence-electron chi connectivity index (χ1n) is 10.7. The van der Waals surface area contributed by atoms with E-state index in [1.54, 1.807) is 23.4 Å². The molecule has 0 aliphatic carbocycles. The fraction of sp³-hybridized carbons (Fsp3) is 0.524. The summed E-state index contributed by atoms with van der Waals surface area (Å²) < 4.78 is 57.6. The number of rotatable bonds is 5. The fourth-order valence-electron chi connectivity index (χ4n) is 4.27. The average Bonchev–Trinajstić information content (AvgIpc) is 3.38. The van der Waals surface area contributed by atoms with Gasteiger partial charge in [0, 0.05) is 51.0 Å². The van der Waals surface area contributed by atoms with Crippen molar-refractivity contribution in [1.29, 1.82) is 0 Å². The molecular formula is C21H27F2N5O3S. The predicted octanol–water partition coefficient (Wildman–Crippen LogP) is 2.65. The van der Waals surface area contributed by atoms with Crippen LogP contribution in [0.25, 0.3) is 0 Å². The van der Waals surface area contributed by atoms with E-state index in [2.05, 4.69) is 10.3 Å². The van der Waals surface area contributed by atoms with Crippen LogP contribution in [0.2, 0.25) is 0 Å². The topological polar surface area (TPSA) is 87.5 Å². The lowest BCUT2D eigenvalue weighted by molar-refractivity contribution is -0.120. The van der Waals surface area contributed by atoms with Crippen LogP contribution in [-0.4, -0.2) is 54.4 Å². The molecule has 174 valence electrons. The number of carbonyl (C=O) groups is 1. The van der Waals surface area contributed by atoms with Crippen molar-refractivity contribution >= 4 is 27.3 Å². The SMILES string of the molecule is Cc1nc(S(=O)(=O)N2CCC(C(=O)Nc3cc(F)c(N4CCCC4)c(F)c3)CC2)cn1C. The third-order valence-corrected chi connectivity index (χ3v) is 7.99. The van der Waals surface area contributed by atoms with E-state index in [9.17, 15) is 22.0 Å². The summed E-state index contributed by atoms with van der Waals surface area (Å²) in [7, 11) is -2.01. The molecule has 1 amide bonds. The first-order chi connectivity index (χ1) is 15.2. The number of halogens is 2. The third kappa shape index (κ3) is 4.36. The zero-order chi connectivity index (χ0) is 23.0. The second kappa shape index (κ2) is 8.78. The molecule has 1 N–H and O–H groups in total. The van der Waals surface area contributed by atoms with Crippen molar-refractivity contribution in [2.75, 3.05) is 36.4 Å². The highest BCUT2D eigenvalue weighted by molar-refractivity contribution is 7.89. The van der Waals surface area contributed by atoms with Gasteiger partial charge in [-0.25, -0.2) is 22.2 Å². The zero-order valence-electron chi connectivity index (χ0n) is 18.1. The Morgan fingerprint density at radius 3 is 2.22 bits per heavy atom. The largest absolute Gasteiger partial charge is 0.367 e. The molecule has 0 saturated carbocycles. The summed E-state index contributed by atoms with van der Waals surface area (Å²) in [4.78, 5) is 18.4. The van der Waals surface area contributed by atoms with Gasteiger partial charge in [-0.2, -0.15) is 4.31 Å². The van der Waals surface area contributed by atoms with Gasteiger partial charge in [0.1, 0.15) is 11.5 Å². The van der Waals surface area contributed by atoms with Crippen LogP contribution in [0.1, 0.15) is 31.5 Å². The summed E-state index contributed by atoms with van der Waals surface area (Å²) in [5.74, 6) is -1.63. The van der Waals surface area contributed by atoms with Crippen molar-refractivity contribution in [2.24, 2.45) is 13.0 Å². The molecule has 0 unspecified atom stereocenters. The Morgan fingerprint density at radius 2 is 1.69 bits per heavy atom. The summed E-state index contributed by atoms with van der Waals surface area (Å²) >= 11 is 0. The Labute approximate surface area is 186 Å². The molecule has 2 fully saturated rings. The minimum Gasteiger partial charge on any atom is -0.367 e. The lowest BCUT2D eigenvalue weighted by Gasteiger charge is -2.30. The number of carbonyl (C=O) groups excluding carboxylic acids is 1. The smallest absolute Gasteiger partial charge is 0.262 e. The molecule has 3 heterocycles. The van der Waals surface area contributed by atoms with Crippen LogP contribution in [0.15, 0.2) is 23.4 Å². The van der Waals surface area contributed by atoms with Gasteiger partial charge in [0.2, 0.25) is 5.91 Å². The Kier molecular flexibility index (Phi) is 6.22. The van der Waals surface area contributed by atoms with E-state index in [4.69, 9.17) is 0 Å². The highest BCUT2D eigenvalue weighted by Gasteiger charge is 2.34. The normalized spacial score (nSPS) is 18.3. The number of aryl methyl sites for hydroxylation is 2. The van der Waals surface area contributed by atoms with Crippen LogP contribution >= 0.6 is 0 Å². The first kappa shape index (κ1) is 22.7. The zero-order valence-corrected chi connectivity index (χ0v) is 19.0. The summed E-state index contributed by atoms with van der Waals surface area (Å²) in [5.41, 5.74) is 0.00994. The summed E-state index contributed by atoms with van der Waals surface area (Å²) in [5, 5.41) is 2.58. The molecular weight excluding hydrogens is 440 g/mol. The second-order valence-corrected chi connectivity index (χ2v) is 10.3. The van der Waals surface area contributed by atoms with E-state index >= 15 is 0 Å². The van der Waals surface area contributed by atoms with Gasteiger partial charge in [-0.1, -0.05) is 0 Å². The standard InChI is InChI=1S/C21H27F2N5O3S/c1-14-24-19(13-26(14)2)32(30,31)28-9-5-15(6-10-28)21(29)25-16-11-17(22)20(18(23)12-16)27-7-3-4-8-27/h11-13,15H,3-10H2,1-2H3,(H,25,29). The molecule has 8 nitrogen and oxygen atoms in total. The fourth-order valence-corrected chi connectivity index (χ4v) is 5.76. The quantitative estimate of drug-likeness (QED) is 0.731. The highest BCUT2D eigenvalue weighted by Crippen LogP contribution is 2.30. The minimum absolute atomic E-state index is 0.00977. The number of hydrogen-bond acceptors (Lipinski definition) is 5. The van der Waals surface area contributed by atoms with Gasteiger partial charge in [0.25, 0.3) is 10.0 Å². The number of hydrogen-bond donors (Lipinski definition) is 1. The number of amides is 1. The van der Waals surface area contributed by atoms with E-state index in [-0.39, 0.29) is 35.4 Å². The molecule has 2 saturated heterocycles. The minimum atomic E-state index is -3.73. The van der Waals surface area contributed by atoms with Crippen LogP contribution in [0.4, 0.5) is 20.2 Å². The van der Waals surface area contributed by atoms with Crippen molar-refractivity contribution in [3.05, 3.63) is 35.8 Å². The summed E-state index contributed by atoms with van der Waals surface area (Å²) in [6.45, 7) is 3.29. The lowest BCUT2D eigenvalue weighted by Crippen LogP contribution is -2.41. The summed E-state index contributed by atoms with van der Waals surface area (Å²) in [6, 6.07) is 2.27. The van der Waals surface area contributed by atoms with Crippen molar-refractivity contribution < 1.29 is 22.0 Å². The van der Waals surface area contributed by atoms with Gasteiger partial charge >= 0.3 is 0 Å². The van der Waals surface area contributed by atoms with E-state index < -0.39 is 27.6 Å². The molecule has 0 radical (unpaired) electrons. The molecule has 0 bridgehead atoms. The van der Waals surface area contributed by atoms with E-state index in [1.165, 1.54) is 10.5 Å². The maximum Gasteiger partial charge on any atom is 0.262 e. The van der Waals surface area contributed by atoms with Gasteiger partial charge < -0.3 is 14.8 Å². The Bertz CT molecular complexity index is 1080. The highest BCUT2D eigenvalue weighted by atomic mass is 32.2. The number of benzene rings is 1. The number of sulfonamides is 1. The molecule has 2 aliphatic heterocycles. The number of aromatic nitrogens is 2. The van der Waals surface area contributed by atoms with Crippen molar-refractivity contribution in [1.82, 2.24) is 13.9 Å². The maximum atomic E-state index is 14.5. The van der Waals surface area contributed by atoms with Gasteiger partial charge in [0.15, 0.2) is 16.7 Å². The molecule has 1 aromatic heterocycles. The van der Waals surface area contributed by atoms with Crippen molar-refractivity contribution in [3.8, 4) is 0 Å². The molecule has 0 atom stereocenters. The predicted molar refractivity (Wildman–Crippen MR) is 116 cm³/mol. The Hall–Kier alpha value is -2.53. The van der Waals surface area contributed by atoms with Crippen LogP contribution in [0.5, 0.6) is 0 Å². The maximum absolute atomic E-state index is 14.5. The van der Waals surface area contributed by atoms with Gasteiger partial charge in [-0.3, -0.25) is 4.79 Å². The van der Waals surface area contributed by atoms with E-state index in [0.29, 0.717) is 31.8 Å². The van der Waals surface area contributed by atoms with Crippen LogP contribution in [0, 0.1) is 24.5 Å². The number of nitrogens with one attached hydrogen (secondary N) is 1. The second-order valence-electron chi connectivity index (χ2n) is 8.39. The average molecular weight is 468 g/mol. The van der Waals surface area contributed by atoms with Gasteiger partial charge in [-0.05, 0) is 44.7 Å². The molecule has 0 spiro atoms. The Balaban J connectivity index is 1.38. The lowest BCUT2D eigenvalue weighted by atomic mass is 9.97. The number of nitrogens with zero attached hydrogens (tertiary/aromatic N) is 4. The van der Waals surface area contributed by atoms with Crippen LogP contribution < -0.4 is 10.2 Å². The molecule has 11 heteroatoms. The molecule has 2 aliphatic rings. The van der Waals surface area contributed by atoms with Crippen molar-refractivity contribution in [3.63, 3.8) is 0 Å². The van der Waals surface area contributed by atoms with Gasteiger partial charge in [0.05, 0.1) is 0 Å². The number of anilines is 2. The van der Waals surface area contributed by atoms with Gasteiger partial charge in [-0.15, -0.1) is 0 Å². The number of piperidine rings is 1. The van der Waals surface area contributed by atoms with Crippen LogP contribution in [0.3, 0.4) is 0 Å². The van der Waals surface area contributed by atoms with Crippen molar-refractivity contribution in [2.45, 2.75) is 37.6 Å². The number of imidazole rings is 1. The molecule has 2 aromatic rings.